The summed E-state index contributed by atoms with van der Waals surface area (Å²) >= 11 is 6.11. The van der Waals surface area contributed by atoms with Crippen molar-refractivity contribution >= 4 is 29.1 Å². The van der Waals surface area contributed by atoms with E-state index in [0.29, 0.717) is 22.8 Å². The van der Waals surface area contributed by atoms with E-state index in [2.05, 4.69) is 5.32 Å². The lowest BCUT2D eigenvalue weighted by atomic mass is 10.1. The van der Waals surface area contributed by atoms with Crippen molar-refractivity contribution in [3.05, 3.63) is 28.8 Å². The van der Waals surface area contributed by atoms with E-state index < -0.39 is 0 Å². The van der Waals surface area contributed by atoms with Crippen LogP contribution >= 0.6 is 11.6 Å². The Kier molecular flexibility index (Phi) is 7.35. The zero-order chi connectivity index (χ0) is 16.7. The Morgan fingerprint density at radius 2 is 2.00 bits per heavy atom. The molecule has 2 N–H and O–H groups in total. The van der Waals surface area contributed by atoms with Crippen molar-refractivity contribution in [1.82, 2.24) is 4.90 Å². The topological polar surface area (TPSA) is 69.6 Å². The first-order valence-corrected chi connectivity index (χ1v) is 7.79. The Morgan fingerprint density at radius 1 is 1.32 bits per heavy atom. The lowest BCUT2D eigenvalue weighted by Gasteiger charge is -2.22. The SMILES string of the molecule is CCCN(CCO)C(=O)c1cc(NC(=O)C(C)C)ccc1Cl. The first kappa shape index (κ1) is 18.5. The van der Waals surface area contributed by atoms with E-state index in [4.69, 9.17) is 16.7 Å². The molecule has 1 aromatic rings. The minimum Gasteiger partial charge on any atom is -0.395 e. The average molecular weight is 327 g/mol. The summed E-state index contributed by atoms with van der Waals surface area (Å²) in [7, 11) is 0. The Hall–Kier alpha value is -1.59. The van der Waals surface area contributed by atoms with E-state index in [1.165, 1.54) is 0 Å². The molecule has 0 aliphatic carbocycles. The molecule has 0 aromatic heterocycles. The van der Waals surface area contributed by atoms with Crippen LogP contribution in [0, 0.1) is 5.92 Å². The predicted molar refractivity (Wildman–Crippen MR) is 88.2 cm³/mol. The molecule has 0 atom stereocenters. The third kappa shape index (κ3) is 5.00. The third-order valence-electron chi connectivity index (χ3n) is 3.14. The summed E-state index contributed by atoms with van der Waals surface area (Å²) in [5.41, 5.74) is 0.858. The molecular weight excluding hydrogens is 304 g/mol. The highest BCUT2D eigenvalue weighted by molar-refractivity contribution is 6.34. The molecule has 1 aromatic carbocycles. The number of rotatable bonds is 7. The molecule has 1 rings (SSSR count). The number of hydrogen-bond acceptors (Lipinski definition) is 3. The molecule has 0 saturated carbocycles. The molecule has 2 amide bonds. The Morgan fingerprint density at radius 3 is 2.55 bits per heavy atom. The Balaban J connectivity index is 3.01. The van der Waals surface area contributed by atoms with Gasteiger partial charge in [0.1, 0.15) is 0 Å². The number of hydrogen-bond donors (Lipinski definition) is 2. The molecule has 0 aliphatic heterocycles. The quantitative estimate of drug-likeness (QED) is 0.809. The number of nitrogens with zero attached hydrogens (tertiary/aromatic N) is 1. The normalized spacial score (nSPS) is 10.6. The third-order valence-corrected chi connectivity index (χ3v) is 3.47. The summed E-state index contributed by atoms with van der Waals surface area (Å²) in [5, 5.41) is 12.2. The van der Waals surface area contributed by atoms with Gasteiger partial charge in [-0.3, -0.25) is 9.59 Å². The van der Waals surface area contributed by atoms with Gasteiger partial charge in [0, 0.05) is 24.7 Å². The number of carbonyl (C=O) groups is 2. The highest BCUT2D eigenvalue weighted by atomic mass is 35.5. The molecule has 0 aliphatic rings. The minimum absolute atomic E-state index is 0.104. The standard InChI is InChI=1S/C16H23ClN2O3/c1-4-7-19(8-9-20)16(22)13-10-12(5-6-14(13)17)18-15(21)11(2)3/h5-6,10-11,20H,4,7-9H2,1-3H3,(H,18,21). The van der Waals surface area contributed by atoms with Crippen LogP contribution in [-0.2, 0) is 4.79 Å². The molecule has 0 radical (unpaired) electrons. The van der Waals surface area contributed by atoms with Crippen molar-refractivity contribution in [2.45, 2.75) is 27.2 Å². The average Bonchev–Trinajstić information content (AvgIpc) is 2.48. The summed E-state index contributed by atoms with van der Waals surface area (Å²) < 4.78 is 0. The highest BCUT2D eigenvalue weighted by Crippen LogP contribution is 2.22. The molecule has 22 heavy (non-hydrogen) atoms. The summed E-state index contributed by atoms with van der Waals surface area (Å²) in [6, 6.07) is 4.83. The van der Waals surface area contributed by atoms with Crippen LogP contribution < -0.4 is 5.32 Å². The maximum atomic E-state index is 12.5. The van der Waals surface area contributed by atoms with E-state index in [1.807, 2.05) is 6.92 Å². The van der Waals surface area contributed by atoms with E-state index in [-0.39, 0.29) is 30.9 Å². The summed E-state index contributed by atoms with van der Waals surface area (Å²) in [6.07, 6.45) is 0.785. The van der Waals surface area contributed by atoms with Gasteiger partial charge in [-0.05, 0) is 24.6 Å². The first-order chi connectivity index (χ1) is 10.4. The van der Waals surface area contributed by atoms with Gasteiger partial charge in [-0.2, -0.15) is 0 Å². The van der Waals surface area contributed by atoms with Crippen LogP contribution in [0.3, 0.4) is 0 Å². The van der Waals surface area contributed by atoms with Crippen molar-refractivity contribution in [3.63, 3.8) is 0 Å². The fourth-order valence-corrected chi connectivity index (χ4v) is 2.13. The van der Waals surface area contributed by atoms with E-state index in [1.54, 1.807) is 36.9 Å². The zero-order valence-corrected chi connectivity index (χ0v) is 14.0. The smallest absolute Gasteiger partial charge is 0.255 e. The van der Waals surface area contributed by atoms with Crippen LogP contribution in [0.15, 0.2) is 18.2 Å². The fourth-order valence-electron chi connectivity index (χ4n) is 1.93. The molecule has 0 saturated heterocycles. The molecule has 122 valence electrons. The van der Waals surface area contributed by atoms with Crippen molar-refractivity contribution < 1.29 is 14.7 Å². The van der Waals surface area contributed by atoms with Crippen molar-refractivity contribution in [1.29, 1.82) is 0 Å². The lowest BCUT2D eigenvalue weighted by molar-refractivity contribution is -0.118. The molecular formula is C16H23ClN2O3. The lowest BCUT2D eigenvalue weighted by Crippen LogP contribution is -2.34. The molecule has 0 heterocycles. The second kappa shape index (κ2) is 8.76. The van der Waals surface area contributed by atoms with Crippen LogP contribution in [0.25, 0.3) is 0 Å². The first-order valence-electron chi connectivity index (χ1n) is 7.41. The highest BCUT2D eigenvalue weighted by Gasteiger charge is 2.18. The Labute approximate surface area is 136 Å². The summed E-state index contributed by atoms with van der Waals surface area (Å²) in [5.74, 6) is -0.524. The molecule has 5 nitrogen and oxygen atoms in total. The molecule has 0 bridgehead atoms. The number of aliphatic hydroxyl groups is 1. The van der Waals surface area contributed by atoms with Gasteiger partial charge in [0.15, 0.2) is 0 Å². The molecule has 0 fully saturated rings. The van der Waals surface area contributed by atoms with Crippen molar-refractivity contribution in [3.8, 4) is 0 Å². The van der Waals surface area contributed by atoms with Gasteiger partial charge < -0.3 is 15.3 Å². The second-order valence-corrected chi connectivity index (χ2v) is 5.76. The largest absolute Gasteiger partial charge is 0.395 e. The van der Waals surface area contributed by atoms with E-state index in [9.17, 15) is 9.59 Å². The van der Waals surface area contributed by atoms with Crippen LogP contribution in [0.5, 0.6) is 0 Å². The van der Waals surface area contributed by atoms with Crippen LogP contribution in [-0.4, -0.2) is 41.5 Å². The number of nitrogens with one attached hydrogen (secondary N) is 1. The maximum absolute atomic E-state index is 12.5. The number of halogens is 1. The number of anilines is 1. The van der Waals surface area contributed by atoms with Crippen molar-refractivity contribution in [2.75, 3.05) is 25.0 Å². The van der Waals surface area contributed by atoms with Gasteiger partial charge in [-0.25, -0.2) is 0 Å². The Bertz CT molecular complexity index is 526. The molecule has 0 spiro atoms. The zero-order valence-electron chi connectivity index (χ0n) is 13.2. The summed E-state index contributed by atoms with van der Waals surface area (Å²) in [6.45, 7) is 6.23. The monoisotopic (exact) mass is 326 g/mol. The minimum atomic E-state index is -0.249. The summed E-state index contributed by atoms with van der Waals surface area (Å²) in [4.78, 5) is 25.8. The number of aliphatic hydroxyl groups excluding tert-OH is 1. The van der Waals surface area contributed by atoms with Gasteiger partial charge >= 0.3 is 0 Å². The van der Waals surface area contributed by atoms with Crippen LogP contribution in [0.1, 0.15) is 37.6 Å². The van der Waals surface area contributed by atoms with Crippen LogP contribution in [0.2, 0.25) is 5.02 Å². The molecule has 6 heteroatoms. The van der Waals surface area contributed by atoms with Gasteiger partial charge in [0.25, 0.3) is 5.91 Å². The van der Waals surface area contributed by atoms with Gasteiger partial charge in [-0.15, -0.1) is 0 Å². The fraction of sp³-hybridized carbons (Fsp3) is 0.500. The van der Waals surface area contributed by atoms with Crippen LogP contribution in [0.4, 0.5) is 5.69 Å². The van der Waals surface area contributed by atoms with E-state index in [0.717, 1.165) is 6.42 Å². The second-order valence-electron chi connectivity index (χ2n) is 5.35. The number of benzene rings is 1. The van der Waals surface area contributed by atoms with E-state index >= 15 is 0 Å². The van der Waals surface area contributed by atoms with Gasteiger partial charge in [-0.1, -0.05) is 32.4 Å². The predicted octanol–water partition coefficient (Wildman–Crippen LogP) is 2.78. The van der Waals surface area contributed by atoms with Gasteiger partial charge in [0.05, 0.1) is 17.2 Å². The van der Waals surface area contributed by atoms with Gasteiger partial charge in [0.2, 0.25) is 5.91 Å². The number of carbonyl (C=O) groups excluding carboxylic acids is 2. The molecule has 0 unspecified atom stereocenters. The maximum Gasteiger partial charge on any atom is 0.255 e. The van der Waals surface area contributed by atoms with Crippen molar-refractivity contribution in [2.24, 2.45) is 5.92 Å². The number of amides is 2.